The molecule has 0 aromatic heterocycles. The van der Waals surface area contributed by atoms with E-state index in [0.29, 0.717) is 13.0 Å². The van der Waals surface area contributed by atoms with E-state index in [4.69, 9.17) is 22.3 Å². The maximum Gasteiger partial charge on any atom is 0.326 e. The van der Waals surface area contributed by atoms with Crippen LogP contribution in [0.4, 0.5) is 0 Å². The van der Waals surface area contributed by atoms with Crippen molar-refractivity contribution >= 4 is 41.5 Å². The standard InChI is InChI=1S/C19H32N8O8/c20-13(28)7-11(26-15(31)9-3-1-5-23-9)16(32)27-12(8-14(29)30)17(33)25-10(18(34)35)4-2-6-24-19(21)22/h9-12,23H,1-8H2,(H2,20,28)(H,25,33)(H,26,31)(H,27,32)(H,29,30)(H,34,35)(H4,21,22,24). The molecule has 1 aliphatic rings. The van der Waals surface area contributed by atoms with Gasteiger partial charge in [0.1, 0.15) is 18.1 Å². The van der Waals surface area contributed by atoms with Gasteiger partial charge in [-0.25, -0.2) is 4.79 Å². The number of nitrogens with two attached hydrogens (primary N) is 3. The predicted octanol–water partition coefficient (Wildman–Crippen LogP) is -4.32. The van der Waals surface area contributed by atoms with Gasteiger partial charge in [0.2, 0.25) is 23.6 Å². The Bertz CT molecular complexity index is 839. The summed E-state index contributed by atoms with van der Waals surface area (Å²) in [6.45, 7) is 0.698. The fourth-order valence-corrected chi connectivity index (χ4v) is 3.28. The van der Waals surface area contributed by atoms with Gasteiger partial charge in [-0.05, 0) is 32.2 Å². The fourth-order valence-electron chi connectivity index (χ4n) is 3.28. The SMILES string of the molecule is NC(=O)CC(NC(=O)C1CCCN1)C(=O)NC(CC(=O)O)C(=O)NC(CCCN=C(N)N)C(=O)O. The van der Waals surface area contributed by atoms with Crippen LogP contribution in [-0.2, 0) is 28.8 Å². The average Bonchev–Trinajstić information content (AvgIpc) is 3.28. The number of hydrogen-bond acceptors (Lipinski definition) is 8. The highest BCUT2D eigenvalue weighted by molar-refractivity contribution is 5.97. The first-order chi connectivity index (χ1) is 16.4. The van der Waals surface area contributed by atoms with E-state index in [0.717, 1.165) is 6.42 Å². The van der Waals surface area contributed by atoms with Gasteiger partial charge >= 0.3 is 11.9 Å². The number of nitrogens with zero attached hydrogens (tertiary/aromatic N) is 1. The third-order valence-corrected chi connectivity index (χ3v) is 4.99. The van der Waals surface area contributed by atoms with Gasteiger partial charge in [-0.3, -0.25) is 29.0 Å². The van der Waals surface area contributed by atoms with Gasteiger partial charge in [0, 0.05) is 6.54 Å². The average molecular weight is 501 g/mol. The summed E-state index contributed by atoms with van der Waals surface area (Å²) in [5.74, 6) is -6.65. The number of aliphatic imine (C=N–C) groups is 1. The lowest BCUT2D eigenvalue weighted by Gasteiger charge is -2.24. The number of carboxylic acid groups (broad SMARTS) is 2. The van der Waals surface area contributed by atoms with E-state index in [1.54, 1.807) is 0 Å². The van der Waals surface area contributed by atoms with E-state index in [1.165, 1.54) is 0 Å². The van der Waals surface area contributed by atoms with E-state index < -0.39 is 72.6 Å². The number of hydrogen-bond donors (Lipinski definition) is 9. The number of aliphatic carboxylic acids is 2. The third-order valence-electron chi connectivity index (χ3n) is 4.99. The molecule has 4 unspecified atom stereocenters. The molecule has 16 heteroatoms. The molecule has 0 spiro atoms. The molecule has 1 aliphatic heterocycles. The van der Waals surface area contributed by atoms with Gasteiger partial charge in [-0.15, -0.1) is 0 Å². The number of carboxylic acids is 2. The summed E-state index contributed by atoms with van der Waals surface area (Å²) in [5, 5.41) is 28.1. The first-order valence-electron chi connectivity index (χ1n) is 10.8. The molecule has 1 fully saturated rings. The largest absolute Gasteiger partial charge is 0.481 e. The number of primary amides is 1. The lowest BCUT2D eigenvalue weighted by molar-refractivity contribution is -0.144. The Hall–Kier alpha value is -3.95. The van der Waals surface area contributed by atoms with E-state index in [1.807, 2.05) is 0 Å². The molecule has 1 rings (SSSR count). The molecule has 0 aromatic rings. The van der Waals surface area contributed by atoms with Crippen LogP contribution >= 0.6 is 0 Å². The number of rotatable bonds is 15. The van der Waals surface area contributed by atoms with Crippen LogP contribution in [-0.4, -0.2) is 89.0 Å². The van der Waals surface area contributed by atoms with Crippen molar-refractivity contribution in [2.75, 3.05) is 13.1 Å². The smallest absolute Gasteiger partial charge is 0.326 e. The first-order valence-corrected chi connectivity index (χ1v) is 10.8. The number of guanidine groups is 1. The van der Waals surface area contributed by atoms with E-state index >= 15 is 0 Å². The van der Waals surface area contributed by atoms with Gasteiger partial charge in [-0.1, -0.05) is 0 Å². The van der Waals surface area contributed by atoms with Crippen LogP contribution in [0.3, 0.4) is 0 Å². The van der Waals surface area contributed by atoms with Gasteiger partial charge in [0.05, 0.1) is 18.9 Å². The molecule has 12 N–H and O–H groups in total. The summed E-state index contributed by atoms with van der Waals surface area (Å²) >= 11 is 0. The summed E-state index contributed by atoms with van der Waals surface area (Å²) in [6.07, 6.45) is -0.135. The van der Waals surface area contributed by atoms with E-state index in [9.17, 15) is 33.9 Å². The summed E-state index contributed by atoms with van der Waals surface area (Å²) in [7, 11) is 0. The fraction of sp³-hybridized carbons (Fsp3) is 0.632. The van der Waals surface area contributed by atoms with Gasteiger partial charge < -0.3 is 48.7 Å². The molecule has 4 atom stereocenters. The van der Waals surface area contributed by atoms with Gasteiger partial charge in [0.25, 0.3) is 0 Å². The zero-order valence-electron chi connectivity index (χ0n) is 19.0. The molecule has 1 heterocycles. The van der Waals surface area contributed by atoms with Crippen molar-refractivity contribution in [2.24, 2.45) is 22.2 Å². The van der Waals surface area contributed by atoms with Crippen molar-refractivity contribution in [1.82, 2.24) is 21.3 Å². The van der Waals surface area contributed by atoms with Crippen molar-refractivity contribution in [1.29, 1.82) is 0 Å². The van der Waals surface area contributed by atoms with Crippen molar-refractivity contribution in [2.45, 2.75) is 62.7 Å². The zero-order valence-corrected chi connectivity index (χ0v) is 19.0. The Labute approximate surface area is 200 Å². The highest BCUT2D eigenvalue weighted by Crippen LogP contribution is 2.07. The zero-order chi connectivity index (χ0) is 26.5. The van der Waals surface area contributed by atoms with Crippen molar-refractivity contribution < 1.29 is 39.0 Å². The Morgan fingerprint density at radius 3 is 2.00 bits per heavy atom. The second-order valence-corrected chi connectivity index (χ2v) is 7.89. The van der Waals surface area contributed by atoms with Crippen molar-refractivity contribution in [3.8, 4) is 0 Å². The summed E-state index contributed by atoms with van der Waals surface area (Å²) in [6, 6.07) is -5.16. The highest BCUT2D eigenvalue weighted by atomic mass is 16.4. The van der Waals surface area contributed by atoms with Crippen molar-refractivity contribution in [3.63, 3.8) is 0 Å². The lowest BCUT2D eigenvalue weighted by atomic mass is 10.1. The van der Waals surface area contributed by atoms with Crippen LogP contribution in [0.15, 0.2) is 4.99 Å². The topological polar surface area (TPSA) is 281 Å². The quantitative estimate of drug-likeness (QED) is 0.0588. The van der Waals surface area contributed by atoms with Crippen LogP contribution in [0.1, 0.15) is 38.5 Å². The van der Waals surface area contributed by atoms with E-state index in [-0.39, 0.29) is 25.3 Å². The first kappa shape index (κ1) is 29.1. The second kappa shape index (κ2) is 14.3. The van der Waals surface area contributed by atoms with Crippen LogP contribution in [0.2, 0.25) is 0 Å². The molecule has 0 aliphatic carbocycles. The molecule has 0 bridgehead atoms. The number of nitrogens with one attached hydrogen (secondary N) is 4. The normalized spacial score (nSPS) is 17.3. The van der Waals surface area contributed by atoms with E-state index in [2.05, 4.69) is 26.3 Å². The molecule has 0 aromatic carbocycles. The predicted molar refractivity (Wildman–Crippen MR) is 120 cm³/mol. The number of amides is 4. The molecular weight excluding hydrogens is 468 g/mol. The molecule has 0 radical (unpaired) electrons. The number of carbonyl (C=O) groups excluding carboxylic acids is 4. The summed E-state index contributed by atoms with van der Waals surface area (Å²) in [4.78, 5) is 75.6. The highest BCUT2D eigenvalue weighted by Gasteiger charge is 2.33. The minimum Gasteiger partial charge on any atom is -0.481 e. The number of carbonyl (C=O) groups is 6. The Morgan fingerprint density at radius 2 is 1.51 bits per heavy atom. The lowest BCUT2D eigenvalue weighted by Crippen LogP contribution is -2.58. The Kier molecular flexibility index (Phi) is 11.9. The van der Waals surface area contributed by atoms with Gasteiger partial charge in [-0.2, -0.15) is 0 Å². The minimum atomic E-state index is -1.70. The molecule has 196 valence electrons. The monoisotopic (exact) mass is 500 g/mol. The van der Waals surface area contributed by atoms with Crippen LogP contribution < -0.4 is 38.5 Å². The second-order valence-electron chi connectivity index (χ2n) is 7.89. The van der Waals surface area contributed by atoms with Crippen LogP contribution in [0.25, 0.3) is 0 Å². The van der Waals surface area contributed by atoms with Crippen LogP contribution in [0.5, 0.6) is 0 Å². The molecule has 0 saturated carbocycles. The molecule has 16 nitrogen and oxygen atoms in total. The molecule has 35 heavy (non-hydrogen) atoms. The van der Waals surface area contributed by atoms with Gasteiger partial charge in [0.15, 0.2) is 5.96 Å². The Morgan fingerprint density at radius 1 is 0.914 bits per heavy atom. The third kappa shape index (κ3) is 11.1. The summed E-state index contributed by atoms with van der Waals surface area (Å²) < 4.78 is 0. The minimum absolute atomic E-state index is 0.0830. The maximum absolute atomic E-state index is 12.7. The molecular formula is C19H32N8O8. The van der Waals surface area contributed by atoms with Crippen LogP contribution in [0, 0.1) is 0 Å². The summed E-state index contributed by atoms with van der Waals surface area (Å²) in [5.41, 5.74) is 15.5. The maximum atomic E-state index is 12.7. The van der Waals surface area contributed by atoms with Crippen molar-refractivity contribution in [3.05, 3.63) is 0 Å². The molecule has 4 amide bonds. The Balaban J connectivity index is 2.89. The molecule has 1 saturated heterocycles.